The Hall–Kier alpha value is -1.56. The fourth-order valence-corrected chi connectivity index (χ4v) is 3.38. The maximum atomic E-state index is 10.9. The van der Waals surface area contributed by atoms with Crippen molar-refractivity contribution >= 4 is 23.4 Å². The molecule has 6 heteroatoms. The van der Waals surface area contributed by atoms with Crippen LogP contribution in [-0.2, 0) is 4.79 Å². The van der Waals surface area contributed by atoms with Crippen molar-refractivity contribution in [3.63, 3.8) is 0 Å². The van der Waals surface area contributed by atoms with E-state index in [1.807, 2.05) is 6.07 Å². The summed E-state index contributed by atoms with van der Waals surface area (Å²) in [5.74, 6) is 0.199. The monoisotopic (exact) mass is 339 g/mol. The molecule has 0 aliphatic heterocycles. The highest BCUT2D eigenvalue weighted by atomic mass is 32.2. The maximum Gasteiger partial charge on any atom is 0.303 e. The lowest BCUT2D eigenvalue weighted by molar-refractivity contribution is -0.387. The highest BCUT2D eigenvalue weighted by molar-refractivity contribution is 7.99. The van der Waals surface area contributed by atoms with E-state index in [0.29, 0.717) is 0 Å². The van der Waals surface area contributed by atoms with Gasteiger partial charge in [0.25, 0.3) is 5.69 Å². The van der Waals surface area contributed by atoms with Crippen LogP contribution in [0.15, 0.2) is 29.2 Å². The SMILES string of the molecule is O=C(O)CCCCCCCCCCSc1ccccc1[N+](=O)[O-]. The Balaban J connectivity index is 2.00. The Labute approximate surface area is 141 Å². The number of carbonyl (C=O) groups is 1. The molecule has 1 N–H and O–H groups in total. The summed E-state index contributed by atoms with van der Waals surface area (Å²) in [5.41, 5.74) is 0.193. The summed E-state index contributed by atoms with van der Waals surface area (Å²) in [6.07, 6.45) is 8.90. The third-order valence-electron chi connectivity index (χ3n) is 3.60. The second kappa shape index (κ2) is 11.9. The van der Waals surface area contributed by atoms with Crippen LogP contribution in [0.5, 0.6) is 0 Å². The van der Waals surface area contributed by atoms with Crippen molar-refractivity contribution in [3.05, 3.63) is 34.4 Å². The fourth-order valence-electron chi connectivity index (χ4n) is 2.35. The number of nitro groups is 1. The van der Waals surface area contributed by atoms with E-state index < -0.39 is 5.97 Å². The largest absolute Gasteiger partial charge is 0.481 e. The summed E-state index contributed by atoms with van der Waals surface area (Å²) in [6, 6.07) is 6.88. The van der Waals surface area contributed by atoms with Crippen LogP contribution in [0.25, 0.3) is 0 Å². The number of hydrogen-bond acceptors (Lipinski definition) is 4. The molecule has 1 aromatic carbocycles. The van der Waals surface area contributed by atoms with E-state index in [0.717, 1.165) is 49.2 Å². The minimum absolute atomic E-state index is 0.193. The van der Waals surface area contributed by atoms with E-state index in [9.17, 15) is 14.9 Å². The van der Waals surface area contributed by atoms with Gasteiger partial charge in [-0.25, -0.2) is 0 Å². The predicted octanol–water partition coefficient (Wildman–Crippen LogP) is 5.28. The van der Waals surface area contributed by atoms with Gasteiger partial charge in [0.1, 0.15) is 0 Å². The first-order valence-electron chi connectivity index (χ1n) is 8.19. The maximum absolute atomic E-state index is 10.9. The molecule has 0 radical (unpaired) electrons. The van der Waals surface area contributed by atoms with Crippen molar-refractivity contribution in [2.75, 3.05) is 5.75 Å². The summed E-state index contributed by atoms with van der Waals surface area (Å²) in [5, 5.41) is 19.4. The number of aliphatic carboxylic acids is 1. The molecule has 23 heavy (non-hydrogen) atoms. The number of carboxylic acids is 1. The minimum Gasteiger partial charge on any atom is -0.481 e. The Morgan fingerprint density at radius 1 is 1.00 bits per heavy atom. The number of carboxylic acid groups (broad SMARTS) is 1. The van der Waals surface area contributed by atoms with Crippen molar-refractivity contribution in [3.8, 4) is 0 Å². The van der Waals surface area contributed by atoms with Gasteiger partial charge in [-0.15, -0.1) is 11.8 Å². The highest BCUT2D eigenvalue weighted by Crippen LogP contribution is 2.29. The molecule has 128 valence electrons. The molecule has 0 saturated carbocycles. The molecule has 0 fully saturated rings. The van der Waals surface area contributed by atoms with E-state index in [1.54, 1.807) is 30.0 Å². The quantitative estimate of drug-likeness (QED) is 0.229. The lowest BCUT2D eigenvalue weighted by Gasteiger charge is -2.03. The number of nitrogens with zero attached hydrogens (tertiary/aromatic N) is 1. The van der Waals surface area contributed by atoms with E-state index in [1.165, 1.54) is 12.8 Å². The first-order valence-corrected chi connectivity index (χ1v) is 9.18. The van der Waals surface area contributed by atoms with Crippen molar-refractivity contribution < 1.29 is 14.8 Å². The van der Waals surface area contributed by atoms with Crippen LogP contribution < -0.4 is 0 Å². The van der Waals surface area contributed by atoms with Gasteiger partial charge in [0, 0.05) is 12.5 Å². The van der Waals surface area contributed by atoms with Gasteiger partial charge in [0.2, 0.25) is 0 Å². The van der Waals surface area contributed by atoms with Gasteiger partial charge in [-0.3, -0.25) is 14.9 Å². The van der Waals surface area contributed by atoms with E-state index in [4.69, 9.17) is 5.11 Å². The molecule has 0 heterocycles. The van der Waals surface area contributed by atoms with E-state index in [2.05, 4.69) is 0 Å². The first-order chi connectivity index (χ1) is 11.1. The summed E-state index contributed by atoms with van der Waals surface area (Å²) in [6.45, 7) is 0. The molecule has 0 unspecified atom stereocenters. The molecule has 0 saturated heterocycles. The van der Waals surface area contributed by atoms with Gasteiger partial charge in [0.15, 0.2) is 0 Å². The average molecular weight is 339 g/mol. The standard InChI is InChI=1S/C17H25NO4S/c19-17(20)13-7-5-3-1-2-4-6-10-14-23-16-12-9-8-11-15(16)18(21)22/h8-9,11-12H,1-7,10,13-14H2,(H,19,20). The van der Waals surface area contributed by atoms with Crippen molar-refractivity contribution in [1.29, 1.82) is 0 Å². The third-order valence-corrected chi connectivity index (χ3v) is 4.75. The molecular formula is C17H25NO4S. The van der Waals surface area contributed by atoms with Gasteiger partial charge in [-0.1, -0.05) is 50.7 Å². The molecule has 0 bridgehead atoms. The molecule has 0 aromatic heterocycles. The zero-order valence-electron chi connectivity index (χ0n) is 13.4. The lowest BCUT2D eigenvalue weighted by Crippen LogP contribution is -1.93. The Bertz CT molecular complexity index is 493. The van der Waals surface area contributed by atoms with Gasteiger partial charge in [-0.05, 0) is 24.7 Å². The topological polar surface area (TPSA) is 80.4 Å². The van der Waals surface area contributed by atoms with Crippen LogP contribution in [0.3, 0.4) is 0 Å². The number of nitro benzene ring substituents is 1. The minimum atomic E-state index is -0.707. The van der Waals surface area contributed by atoms with Gasteiger partial charge >= 0.3 is 5.97 Å². The second-order valence-corrected chi connectivity index (χ2v) is 6.68. The summed E-state index contributed by atoms with van der Waals surface area (Å²) in [4.78, 5) is 21.7. The van der Waals surface area contributed by atoms with Crippen LogP contribution in [-0.4, -0.2) is 21.8 Å². The molecule has 5 nitrogen and oxygen atoms in total. The Kier molecular flexibility index (Phi) is 10.1. The van der Waals surface area contributed by atoms with Gasteiger partial charge < -0.3 is 5.11 Å². The Morgan fingerprint density at radius 3 is 2.17 bits per heavy atom. The molecule has 0 atom stereocenters. The number of rotatable bonds is 13. The summed E-state index contributed by atoms with van der Waals surface area (Å²) < 4.78 is 0. The third kappa shape index (κ3) is 9.23. The van der Waals surface area contributed by atoms with E-state index >= 15 is 0 Å². The van der Waals surface area contributed by atoms with Crippen molar-refractivity contribution in [2.45, 2.75) is 62.7 Å². The molecular weight excluding hydrogens is 314 g/mol. The van der Waals surface area contributed by atoms with Crippen LogP contribution in [0, 0.1) is 10.1 Å². The zero-order valence-corrected chi connectivity index (χ0v) is 14.2. The van der Waals surface area contributed by atoms with Crippen LogP contribution >= 0.6 is 11.8 Å². The highest BCUT2D eigenvalue weighted by Gasteiger charge is 2.11. The van der Waals surface area contributed by atoms with Crippen molar-refractivity contribution in [2.24, 2.45) is 0 Å². The molecule has 0 amide bonds. The number of hydrogen-bond donors (Lipinski definition) is 1. The van der Waals surface area contributed by atoms with Crippen LogP contribution in [0.1, 0.15) is 57.8 Å². The average Bonchev–Trinajstić information content (AvgIpc) is 2.52. The number of para-hydroxylation sites is 1. The molecule has 1 rings (SSSR count). The van der Waals surface area contributed by atoms with Crippen molar-refractivity contribution in [1.82, 2.24) is 0 Å². The van der Waals surface area contributed by atoms with Crippen LogP contribution in [0.2, 0.25) is 0 Å². The smallest absolute Gasteiger partial charge is 0.303 e. The lowest BCUT2D eigenvalue weighted by atomic mass is 10.1. The second-order valence-electron chi connectivity index (χ2n) is 5.55. The van der Waals surface area contributed by atoms with Gasteiger partial charge in [0.05, 0.1) is 9.82 Å². The zero-order chi connectivity index (χ0) is 16.9. The predicted molar refractivity (Wildman–Crippen MR) is 93.0 cm³/mol. The number of unbranched alkanes of at least 4 members (excludes halogenated alkanes) is 7. The molecule has 0 spiro atoms. The number of benzene rings is 1. The molecule has 0 aliphatic carbocycles. The summed E-state index contributed by atoms with van der Waals surface area (Å²) in [7, 11) is 0. The Morgan fingerprint density at radius 2 is 1.57 bits per heavy atom. The van der Waals surface area contributed by atoms with Crippen LogP contribution in [0.4, 0.5) is 5.69 Å². The van der Waals surface area contributed by atoms with Gasteiger partial charge in [-0.2, -0.15) is 0 Å². The normalized spacial score (nSPS) is 10.6. The fraction of sp³-hybridized carbons (Fsp3) is 0.588. The number of thioether (sulfide) groups is 1. The molecule has 0 aliphatic rings. The summed E-state index contributed by atoms with van der Waals surface area (Å²) >= 11 is 1.56. The molecule has 1 aromatic rings. The first kappa shape index (κ1) is 19.5. The van der Waals surface area contributed by atoms with E-state index in [-0.39, 0.29) is 17.0 Å².